The summed E-state index contributed by atoms with van der Waals surface area (Å²) in [5, 5.41) is 9.38. The minimum atomic E-state index is -1.03. The fraction of sp³-hybridized carbons (Fsp3) is 0.462. The molecule has 0 bridgehead atoms. The van der Waals surface area contributed by atoms with E-state index >= 15 is 0 Å². The fourth-order valence-corrected chi connectivity index (χ4v) is 1.91. The molecular weight excluding hydrogens is 232 g/mol. The van der Waals surface area contributed by atoms with Crippen LogP contribution in [0.2, 0.25) is 0 Å². The van der Waals surface area contributed by atoms with Gasteiger partial charge in [-0.2, -0.15) is 0 Å². The molecule has 1 atom stereocenters. The maximum Gasteiger partial charge on any atom is 0.331 e. The number of amides is 1. The number of carboxylic acid groups (broad SMARTS) is 1. The van der Waals surface area contributed by atoms with Crippen LogP contribution in [0.3, 0.4) is 0 Å². The van der Waals surface area contributed by atoms with Crippen LogP contribution < -0.4 is 0 Å². The van der Waals surface area contributed by atoms with Crippen LogP contribution in [0.1, 0.15) is 37.4 Å². The Hall–Kier alpha value is -1.91. The van der Waals surface area contributed by atoms with E-state index in [2.05, 4.69) is 4.98 Å². The number of hydrogen-bond acceptors (Lipinski definition) is 3. The van der Waals surface area contributed by atoms with Crippen molar-refractivity contribution >= 4 is 11.9 Å². The first-order chi connectivity index (χ1) is 8.49. The highest BCUT2D eigenvalue weighted by atomic mass is 16.4. The van der Waals surface area contributed by atoms with Crippen molar-refractivity contribution in [2.75, 3.05) is 6.54 Å². The Balaban J connectivity index is 3.20. The van der Waals surface area contributed by atoms with Crippen LogP contribution in [0.5, 0.6) is 0 Å². The van der Waals surface area contributed by atoms with Crippen molar-refractivity contribution in [2.24, 2.45) is 0 Å². The van der Waals surface area contributed by atoms with Crippen LogP contribution in [0.4, 0.5) is 0 Å². The standard InChI is InChI=1S/C13H18N2O3/c1-4-7-15(10(3)16)12(13(17)18)11-8-14-6-5-9(11)2/h5-6,8,12H,4,7H2,1-3H3,(H,17,18). The number of carbonyl (C=O) groups excluding carboxylic acids is 1. The van der Waals surface area contributed by atoms with Gasteiger partial charge in [-0.25, -0.2) is 4.79 Å². The second kappa shape index (κ2) is 6.14. The van der Waals surface area contributed by atoms with Gasteiger partial charge in [-0.15, -0.1) is 0 Å². The normalized spacial score (nSPS) is 11.9. The number of aryl methyl sites for hydroxylation is 1. The second-order valence-corrected chi connectivity index (χ2v) is 4.19. The van der Waals surface area contributed by atoms with Crippen LogP contribution in [0.15, 0.2) is 18.5 Å². The van der Waals surface area contributed by atoms with Gasteiger partial charge in [0.2, 0.25) is 5.91 Å². The minimum Gasteiger partial charge on any atom is -0.479 e. The van der Waals surface area contributed by atoms with Gasteiger partial charge >= 0.3 is 5.97 Å². The molecule has 1 aromatic rings. The maximum absolute atomic E-state index is 11.6. The van der Waals surface area contributed by atoms with Gasteiger partial charge < -0.3 is 10.0 Å². The SMILES string of the molecule is CCCN(C(C)=O)C(C(=O)O)c1cnccc1C. The predicted octanol–water partition coefficient (Wildman–Crippen LogP) is 1.77. The molecule has 1 heterocycles. The third-order valence-electron chi connectivity index (χ3n) is 2.79. The number of hydrogen-bond donors (Lipinski definition) is 1. The highest BCUT2D eigenvalue weighted by Crippen LogP contribution is 2.23. The largest absolute Gasteiger partial charge is 0.479 e. The van der Waals surface area contributed by atoms with Gasteiger partial charge in [-0.3, -0.25) is 9.78 Å². The molecule has 1 amide bonds. The van der Waals surface area contributed by atoms with Crippen molar-refractivity contribution in [3.8, 4) is 0 Å². The van der Waals surface area contributed by atoms with Crippen LogP contribution in [-0.2, 0) is 9.59 Å². The summed E-state index contributed by atoms with van der Waals surface area (Å²) in [6.45, 7) is 5.53. The topological polar surface area (TPSA) is 70.5 Å². The molecule has 18 heavy (non-hydrogen) atoms. The van der Waals surface area contributed by atoms with E-state index in [1.807, 2.05) is 13.8 Å². The Labute approximate surface area is 106 Å². The molecule has 0 aliphatic rings. The second-order valence-electron chi connectivity index (χ2n) is 4.19. The van der Waals surface area contributed by atoms with E-state index in [1.54, 1.807) is 12.3 Å². The monoisotopic (exact) mass is 250 g/mol. The average Bonchev–Trinajstić information content (AvgIpc) is 2.30. The number of pyridine rings is 1. The molecule has 1 aromatic heterocycles. The first kappa shape index (κ1) is 14.2. The number of carbonyl (C=O) groups is 2. The third-order valence-corrected chi connectivity index (χ3v) is 2.79. The van der Waals surface area contributed by atoms with Gasteiger partial charge in [0.15, 0.2) is 6.04 Å². The van der Waals surface area contributed by atoms with Crippen molar-refractivity contribution in [1.29, 1.82) is 0 Å². The van der Waals surface area contributed by atoms with E-state index in [0.717, 1.165) is 5.56 Å². The predicted molar refractivity (Wildman–Crippen MR) is 67.0 cm³/mol. The first-order valence-electron chi connectivity index (χ1n) is 5.89. The van der Waals surface area contributed by atoms with Gasteiger partial charge in [0.25, 0.3) is 0 Å². The Morgan fingerprint density at radius 3 is 2.61 bits per heavy atom. The van der Waals surface area contributed by atoms with Gasteiger partial charge in [-0.1, -0.05) is 6.92 Å². The van der Waals surface area contributed by atoms with Crippen LogP contribution in [0.25, 0.3) is 0 Å². The van der Waals surface area contributed by atoms with Gasteiger partial charge in [0, 0.05) is 31.4 Å². The van der Waals surface area contributed by atoms with Crippen molar-refractivity contribution in [3.05, 3.63) is 29.6 Å². The number of aliphatic carboxylic acids is 1. The highest BCUT2D eigenvalue weighted by Gasteiger charge is 2.30. The number of rotatable bonds is 5. The minimum absolute atomic E-state index is 0.243. The Kier molecular flexibility index (Phi) is 4.83. The molecule has 0 fully saturated rings. The molecule has 5 heteroatoms. The molecule has 0 aliphatic carbocycles. The molecule has 0 aromatic carbocycles. The molecule has 1 rings (SSSR count). The molecule has 1 N–H and O–H groups in total. The summed E-state index contributed by atoms with van der Waals surface area (Å²) in [6, 6.07) is 0.784. The van der Waals surface area contributed by atoms with E-state index < -0.39 is 12.0 Å². The lowest BCUT2D eigenvalue weighted by atomic mass is 10.0. The summed E-state index contributed by atoms with van der Waals surface area (Å²) < 4.78 is 0. The maximum atomic E-state index is 11.6. The molecule has 0 aliphatic heterocycles. The smallest absolute Gasteiger partial charge is 0.331 e. The number of nitrogens with zero attached hydrogens (tertiary/aromatic N) is 2. The summed E-state index contributed by atoms with van der Waals surface area (Å²) in [5.74, 6) is -1.28. The lowest BCUT2D eigenvalue weighted by molar-refractivity contribution is -0.149. The zero-order valence-electron chi connectivity index (χ0n) is 10.9. The Morgan fingerprint density at radius 2 is 2.17 bits per heavy atom. The molecule has 1 unspecified atom stereocenters. The Morgan fingerprint density at radius 1 is 1.50 bits per heavy atom. The van der Waals surface area contributed by atoms with E-state index in [4.69, 9.17) is 0 Å². The van der Waals surface area contributed by atoms with Gasteiger partial charge in [0.05, 0.1) is 0 Å². The van der Waals surface area contributed by atoms with Crippen molar-refractivity contribution in [1.82, 2.24) is 9.88 Å². The zero-order valence-corrected chi connectivity index (χ0v) is 10.9. The van der Waals surface area contributed by atoms with Crippen LogP contribution >= 0.6 is 0 Å². The molecule has 0 saturated carbocycles. The first-order valence-corrected chi connectivity index (χ1v) is 5.89. The summed E-state index contributed by atoms with van der Waals surface area (Å²) in [6.07, 6.45) is 3.83. The lowest BCUT2D eigenvalue weighted by Crippen LogP contribution is -2.38. The molecule has 0 radical (unpaired) electrons. The van der Waals surface area contributed by atoms with E-state index in [-0.39, 0.29) is 5.91 Å². The number of aromatic nitrogens is 1. The van der Waals surface area contributed by atoms with Crippen LogP contribution in [-0.4, -0.2) is 33.4 Å². The van der Waals surface area contributed by atoms with Crippen molar-refractivity contribution < 1.29 is 14.7 Å². The summed E-state index contributed by atoms with van der Waals surface area (Å²) >= 11 is 0. The Bertz CT molecular complexity index is 446. The fourth-order valence-electron chi connectivity index (χ4n) is 1.91. The summed E-state index contributed by atoms with van der Waals surface area (Å²) in [7, 11) is 0. The number of carboxylic acids is 1. The van der Waals surface area contributed by atoms with E-state index in [0.29, 0.717) is 18.5 Å². The molecule has 0 spiro atoms. The van der Waals surface area contributed by atoms with Gasteiger partial charge in [0.1, 0.15) is 0 Å². The quantitative estimate of drug-likeness (QED) is 0.864. The van der Waals surface area contributed by atoms with Crippen molar-refractivity contribution in [2.45, 2.75) is 33.2 Å². The molecule has 5 nitrogen and oxygen atoms in total. The lowest BCUT2D eigenvalue weighted by Gasteiger charge is -2.28. The highest BCUT2D eigenvalue weighted by molar-refractivity contribution is 5.83. The zero-order chi connectivity index (χ0) is 13.7. The molecule has 98 valence electrons. The van der Waals surface area contributed by atoms with E-state index in [1.165, 1.54) is 18.0 Å². The average molecular weight is 250 g/mol. The molecule has 0 saturated heterocycles. The van der Waals surface area contributed by atoms with E-state index in [9.17, 15) is 14.7 Å². The molecular formula is C13H18N2O3. The third kappa shape index (κ3) is 3.06. The summed E-state index contributed by atoms with van der Waals surface area (Å²) in [4.78, 5) is 28.4. The summed E-state index contributed by atoms with van der Waals surface area (Å²) in [5.41, 5.74) is 1.38. The van der Waals surface area contributed by atoms with Crippen LogP contribution in [0, 0.1) is 6.92 Å². The van der Waals surface area contributed by atoms with Crippen molar-refractivity contribution in [3.63, 3.8) is 0 Å². The van der Waals surface area contributed by atoms with Gasteiger partial charge in [-0.05, 0) is 25.0 Å².